The number of carbonyl (C=O) groups excluding carboxylic acids is 1. The van der Waals surface area contributed by atoms with E-state index in [1.807, 2.05) is 49.9 Å². The van der Waals surface area contributed by atoms with Crippen LogP contribution in [0.4, 0.5) is 0 Å². The van der Waals surface area contributed by atoms with Gasteiger partial charge in [0.25, 0.3) is 5.91 Å². The average Bonchev–Trinajstić information content (AvgIpc) is 2.69. The number of amides is 1. The van der Waals surface area contributed by atoms with E-state index in [0.29, 0.717) is 0 Å². The molecule has 0 unspecified atom stereocenters. The van der Waals surface area contributed by atoms with E-state index in [-0.39, 0.29) is 17.6 Å². The van der Waals surface area contributed by atoms with Gasteiger partial charge < -0.3 is 14.4 Å². The Bertz CT molecular complexity index is 866. The molecule has 2 aliphatic heterocycles. The van der Waals surface area contributed by atoms with Crippen LogP contribution in [0.25, 0.3) is 0 Å². The Morgan fingerprint density at radius 1 is 1.11 bits per heavy atom. The number of nitrogens with zero attached hydrogens (tertiary/aromatic N) is 1. The van der Waals surface area contributed by atoms with Crippen molar-refractivity contribution < 1.29 is 14.3 Å². The lowest BCUT2D eigenvalue weighted by molar-refractivity contribution is -0.0106. The van der Waals surface area contributed by atoms with Gasteiger partial charge in [0, 0.05) is 31.5 Å². The summed E-state index contributed by atoms with van der Waals surface area (Å²) in [6.45, 7) is 7.49. The first-order valence-corrected chi connectivity index (χ1v) is 10.3. The van der Waals surface area contributed by atoms with Gasteiger partial charge in [-0.3, -0.25) is 4.79 Å². The van der Waals surface area contributed by atoms with Gasteiger partial charge in [-0.25, -0.2) is 0 Å². The van der Waals surface area contributed by atoms with Crippen LogP contribution in [-0.4, -0.2) is 35.6 Å². The van der Waals surface area contributed by atoms with Crippen molar-refractivity contribution in [3.05, 3.63) is 59.2 Å². The van der Waals surface area contributed by atoms with Gasteiger partial charge in [0.1, 0.15) is 17.1 Å². The number of likely N-dealkylation sites (tertiary alicyclic amines) is 1. The SMILES string of the molecule is Cc1cc(C(=O)N2CCC3(CCc4ccccc4O3)CC2)ccc1OC(C)C. The van der Waals surface area contributed by atoms with Gasteiger partial charge in [0.2, 0.25) is 0 Å². The van der Waals surface area contributed by atoms with Gasteiger partial charge in [0.15, 0.2) is 0 Å². The van der Waals surface area contributed by atoms with Gasteiger partial charge in [-0.1, -0.05) is 18.2 Å². The largest absolute Gasteiger partial charge is 0.491 e. The molecule has 0 bridgehead atoms. The van der Waals surface area contributed by atoms with E-state index in [4.69, 9.17) is 9.47 Å². The van der Waals surface area contributed by atoms with Crippen LogP contribution in [0, 0.1) is 6.92 Å². The van der Waals surface area contributed by atoms with Crippen LogP contribution >= 0.6 is 0 Å². The third kappa shape index (κ3) is 3.73. The maximum Gasteiger partial charge on any atom is 0.253 e. The Kier molecular flexibility index (Phi) is 5.05. The maximum atomic E-state index is 13.0. The molecule has 1 saturated heterocycles. The van der Waals surface area contributed by atoms with Crippen LogP contribution in [0.3, 0.4) is 0 Å². The molecule has 2 heterocycles. The molecule has 2 aromatic rings. The molecule has 1 amide bonds. The molecule has 0 N–H and O–H groups in total. The molecule has 4 heteroatoms. The highest BCUT2D eigenvalue weighted by Crippen LogP contribution is 2.39. The van der Waals surface area contributed by atoms with Crippen molar-refractivity contribution in [2.24, 2.45) is 0 Å². The van der Waals surface area contributed by atoms with E-state index >= 15 is 0 Å². The van der Waals surface area contributed by atoms with Crippen LogP contribution in [0.15, 0.2) is 42.5 Å². The quantitative estimate of drug-likeness (QED) is 0.770. The molecule has 0 aliphatic carbocycles. The number of benzene rings is 2. The predicted octanol–water partition coefficient (Wildman–Crippen LogP) is 4.78. The minimum atomic E-state index is -0.115. The van der Waals surface area contributed by atoms with Crippen LogP contribution in [0.5, 0.6) is 11.5 Å². The molecule has 4 rings (SSSR count). The lowest BCUT2D eigenvalue weighted by Crippen LogP contribution is -2.51. The average molecular weight is 380 g/mol. The minimum Gasteiger partial charge on any atom is -0.491 e. The molecule has 1 fully saturated rings. The van der Waals surface area contributed by atoms with E-state index < -0.39 is 0 Å². The Balaban J connectivity index is 1.41. The molecule has 0 radical (unpaired) electrons. The summed E-state index contributed by atoms with van der Waals surface area (Å²) >= 11 is 0. The molecule has 148 valence electrons. The Labute approximate surface area is 167 Å². The summed E-state index contributed by atoms with van der Waals surface area (Å²) < 4.78 is 12.2. The highest BCUT2D eigenvalue weighted by molar-refractivity contribution is 5.94. The lowest BCUT2D eigenvalue weighted by Gasteiger charge is -2.44. The number of fused-ring (bicyclic) bond motifs is 1. The Morgan fingerprint density at radius 3 is 2.57 bits per heavy atom. The molecule has 0 atom stereocenters. The van der Waals surface area contributed by atoms with E-state index in [2.05, 4.69) is 18.2 Å². The zero-order valence-electron chi connectivity index (χ0n) is 17.0. The van der Waals surface area contributed by atoms with Gasteiger partial charge >= 0.3 is 0 Å². The fraction of sp³-hybridized carbons (Fsp3) is 0.458. The zero-order valence-corrected chi connectivity index (χ0v) is 17.0. The second kappa shape index (κ2) is 7.50. The summed E-state index contributed by atoms with van der Waals surface area (Å²) in [5.74, 6) is 1.97. The van der Waals surface area contributed by atoms with Gasteiger partial charge in [-0.2, -0.15) is 0 Å². The number of hydrogen-bond donors (Lipinski definition) is 0. The molecule has 2 aromatic carbocycles. The van der Waals surface area contributed by atoms with Crippen LogP contribution in [-0.2, 0) is 6.42 Å². The maximum absolute atomic E-state index is 13.0. The summed E-state index contributed by atoms with van der Waals surface area (Å²) in [7, 11) is 0. The van der Waals surface area contributed by atoms with E-state index in [1.54, 1.807) is 0 Å². The molecule has 0 saturated carbocycles. The fourth-order valence-corrected chi connectivity index (χ4v) is 4.28. The third-order valence-electron chi connectivity index (χ3n) is 5.90. The highest BCUT2D eigenvalue weighted by atomic mass is 16.5. The molecular formula is C24H29NO3. The lowest BCUT2D eigenvalue weighted by atomic mass is 9.83. The summed E-state index contributed by atoms with van der Waals surface area (Å²) in [6.07, 6.45) is 3.99. The molecule has 0 aromatic heterocycles. The number of hydrogen-bond acceptors (Lipinski definition) is 3. The minimum absolute atomic E-state index is 0.102. The van der Waals surface area contributed by atoms with Crippen molar-refractivity contribution in [2.75, 3.05) is 13.1 Å². The Hall–Kier alpha value is -2.49. The molecule has 1 spiro atoms. The first-order chi connectivity index (χ1) is 13.5. The topological polar surface area (TPSA) is 38.8 Å². The number of rotatable bonds is 3. The smallest absolute Gasteiger partial charge is 0.253 e. The van der Waals surface area contributed by atoms with Crippen molar-refractivity contribution in [2.45, 2.75) is 58.2 Å². The van der Waals surface area contributed by atoms with Crippen LogP contribution in [0.1, 0.15) is 54.6 Å². The zero-order chi connectivity index (χ0) is 19.7. The van der Waals surface area contributed by atoms with Gasteiger partial charge in [0.05, 0.1) is 6.10 Å². The van der Waals surface area contributed by atoms with E-state index in [0.717, 1.165) is 61.4 Å². The molecule has 2 aliphatic rings. The second-order valence-electron chi connectivity index (χ2n) is 8.33. The monoisotopic (exact) mass is 379 g/mol. The van der Waals surface area contributed by atoms with Crippen molar-refractivity contribution in [1.82, 2.24) is 4.90 Å². The molecule has 28 heavy (non-hydrogen) atoms. The Morgan fingerprint density at radius 2 is 1.86 bits per heavy atom. The van der Waals surface area contributed by atoms with Crippen LogP contribution < -0.4 is 9.47 Å². The first kappa shape index (κ1) is 18.9. The summed E-state index contributed by atoms with van der Waals surface area (Å²) in [5, 5.41) is 0. The normalized spacial score (nSPS) is 17.9. The fourth-order valence-electron chi connectivity index (χ4n) is 4.28. The van der Waals surface area contributed by atoms with E-state index in [1.165, 1.54) is 5.56 Å². The number of ether oxygens (including phenoxy) is 2. The van der Waals surface area contributed by atoms with Gasteiger partial charge in [-0.15, -0.1) is 0 Å². The van der Waals surface area contributed by atoms with Crippen molar-refractivity contribution >= 4 is 5.91 Å². The van der Waals surface area contributed by atoms with Crippen molar-refractivity contribution in [3.63, 3.8) is 0 Å². The summed E-state index contributed by atoms with van der Waals surface area (Å²) in [5.41, 5.74) is 2.92. The van der Waals surface area contributed by atoms with E-state index in [9.17, 15) is 4.79 Å². The number of aryl methyl sites for hydroxylation is 2. The molecule has 4 nitrogen and oxygen atoms in total. The highest BCUT2D eigenvalue weighted by Gasteiger charge is 2.40. The number of carbonyl (C=O) groups is 1. The standard InChI is InChI=1S/C24H29NO3/c1-17(2)27-21-9-8-20(16-18(21)3)23(26)25-14-12-24(13-15-25)11-10-19-6-4-5-7-22(19)28-24/h4-9,16-17H,10-15H2,1-3H3. The number of para-hydroxylation sites is 1. The summed E-state index contributed by atoms with van der Waals surface area (Å²) in [6, 6.07) is 14.1. The molecular weight excluding hydrogens is 350 g/mol. The second-order valence-corrected chi connectivity index (χ2v) is 8.33. The summed E-state index contributed by atoms with van der Waals surface area (Å²) in [4.78, 5) is 15.0. The van der Waals surface area contributed by atoms with Crippen molar-refractivity contribution in [1.29, 1.82) is 0 Å². The predicted molar refractivity (Wildman–Crippen MR) is 110 cm³/mol. The van der Waals surface area contributed by atoms with Crippen molar-refractivity contribution in [3.8, 4) is 11.5 Å². The first-order valence-electron chi connectivity index (χ1n) is 10.3. The van der Waals surface area contributed by atoms with Gasteiger partial charge in [-0.05, 0) is 69.0 Å². The van der Waals surface area contributed by atoms with Crippen LogP contribution in [0.2, 0.25) is 0 Å². The third-order valence-corrected chi connectivity index (χ3v) is 5.90. The number of piperidine rings is 1.